The third-order valence-electron chi connectivity index (χ3n) is 2.98. The molecule has 0 bridgehead atoms. The molecule has 0 aromatic carbocycles. The highest BCUT2D eigenvalue weighted by atomic mass is 79.9. The lowest BCUT2D eigenvalue weighted by molar-refractivity contribution is 0.182. The second-order valence-electron chi connectivity index (χ2n) is 5.53. The maximum atomic E-state index is 5.10. The molecular weight excluding hydrogens is 360 g/mol. The van der Waals surface area contributed by atoms with Crippen molar-refractivity contribution in [3.05, 3.63) is 16.4 Å². The van der Waals surface area contributed by atoms with E-state index in [1.807, 2.05) is 10.9 Å². The number of nitrogens with zero attached hydrogens (tertiary/aromatic N) is 2. The molecule has 0 fully saturated rings. The molecule has 5 heteroatoms. The molecule has 0 amide bonds. The lowest BCUT2D eigenvalue weighted by Crippen LogP contribution is -2.21. The second-order valence-corrected chi connectivity index (χ2v) is 7.49. The number of methoxy groups -OCH3 is 1. The van der Waals surface area contributed by atoms with E-state index in [0.717, 1.165) is 23.9 Å². The van der Waals surface area contributed by atoms with Gasteiger partial charge in [0.25, 0.3) is 0 Å². The first-order chi connectivity index (χ1) is 8.36. The topological polar surface area (TPSA) is 27.1 Å². The number of aromatic nitrogens is 2. The predicted molar refractivity (Wildman–Crippen MR) is 82.3 cm³/mol. The van der Waals surface area contributed by atoms with Gasteiger partial charge >= 0.3 is 0 Å². The van der Waals surface area contributed by atoms with E-state index < -0.39 is 0 Å². The highest BCUT2D eigenvalue weighted by molar-refractivity contribution is 9.10. The molecule has 1 heterocycles. The van der Waals surface area contributed by atoms with E-state index >= 15 is 0 Å². The normalized spacial score (nSPS) is 13.9. The van der Waals surface area contributed by atoms with Crippen LogP contribution < -0.4 is 0 Å². The molecule has 0 N–H and O–H groups in total. The Bertz CT molecular complexity index is 372. The molecule has 0 aliphatic heterocycles. The average molecular weight is 382 g/mol. The van der Waals surface area contributed by atoms with Crippen LogP contribution in [0.5, 0.6) is 0 Å². The van der Waals surface area contributed by atoms with E-state index in [-0.39, 0.29) is 5.41 Å². The Morgan fingerprint density at radius 3 is 2.67 bits per heavy atom. The van der Waals surface area contributed by atoms with Crippen LogP contribution in [0.4, 0.5) is 0 Å². The van der Waals surface area contributed by atoms with Crippen LogP contribution >= 0.6 is 31.9 Å². The average Bonchev–Trinajstić information content (AvgIpc) is 2.63. The van der Waals surface area contributed by atoms with Crippen molar-refractivity contribution in [2.45, 2.75) is 45.0 Å². The fourth-order valence-electron chi connectivity index (χ4n) is 1.70. The maximum absolute atomic E-state index is 5.10. The van der Waals surface area contributed by atoms with Crippen LogP contribution in [0, 0.1) is 5.41 Å². The number of rotatable bonds is 6. The Kier molecular flexibility index (Phi) is 6.35. The van der Waals surface area contributed by atoms with Crippen molar-refractivity contribution < 1.29 is 4.74 Å². The van der Waals surface area contributed by atoms with Gasteiger partial charge in [0.2, 0.25) is 0 Å². The molecule has 0 aliphatic rings. The molecule has 18 heavy (non-hydrogen) atoms. The zero-order valence-electron chi connectivity index (χ0n) is 11.5. The molecule has 0 saturated carbocycles. The molecule has 1 aromatic rings. The molecule has 0 spiro atoms. The van der Waals surface area contributed by atoms with Gasteiger partial charge < -0.3 is 4.74 Å². The van der Waals surface area contributed by atoms with Crippen LogP contribution in [-0.4, -0.2) is 28.3 Å². The van der Waals surface area contributed by atoms with Crippen molar-refractivity contribution in [1.82, 2.24) is 9.78 Å². The van der Waals surface area contributed by atoms with Gasteiger partial charge in [-0.3, -0.25) is 4.68 Å². The van der Waals surface area contributed by atoms with Gasteiger partial charge in [0.15, 0.2) is 0 Å². The summed E-state index contributed by atoms with van der Waals surface area (Å²) < 4.78 is 8.22. The monoisotopic (exact) mass is 380 g/mol. The Balaban J connectivity index is 2.63. The molecule has 1 aromatic heterocycles. The van der Waals surface area contributed by atoms with Crippen molar-refractivity contribution >= 4 is 31.9 Å². The minimum Gasteiger partial charge on any atom is -0.383 e. The third kappa shape index (κ3) is 4.67. The van der Waals surface area contributed by atoms with Gasteiger partial charge in [0.05, 0.1) is 29.5 Å². The van der Waals surface area contributed by atoms with Crippen LogP contribution in [0.3, 0.4) is 0 Å². The van der Waals surface area contributed by atoms with Crippen molar-refractivity contribution in [1.29, 1.82) is 0 Å². The largest absolute Gasteiger partial charge is 0.383 e. The lowest BCUT2D eigenvalue weighted by atomic mass is 9.89. The summed E-state index contributed by atoms with van der Waals surface area (Å²) in [6.07, 6.45) is 3.98. The third-order valence-corrected chi connectivity index (χ3v) is 5.47. The molecule has 0 saturated heterocycles. The highest BCUT2D eigenvalue weighted by Crippen LogP contribution is 2.30. The van der Waals surface area contributed by atoms with E-state index in [1.165, 1.54) is 5.69 Å². The molecular formula is C13H22Br2N2O. The molecule has 3 nitrogen and oxygen atoms in total. The van der Waals surface area contributed by atoms with Gasteiger partial charge in [-0.15, -0.1) is 0 Å². The molecule has 0 aliphatic carbocycles. The summed E-state index contributed by atoms with van der Waals surface area (Å²) >= 11 is 7.35. The predicted octanol–water partition coefficient (Wildman–Crippen LogP) is 4.03. The summed E-state index contributed by atoms with van der Waals surface area (Å²) in [7, 11) is 1.71. The summed E-state index contributed by atoms with van der Waals surface area (Å²) in [5.74, 6) is 0. The smallest absolute Gasteiger partial charge is 0.0658 e. The van der Waals surface area contributed by atoms with E-state index in [0.29, 0.717) is 11.4 Å². The number of hydrogen-bond donors (Lipinski definition) is 0. The highest BCUT2D eigenvalue weighted by Gasteiger charge is 2.22. The SMILES string of the molecule is COCCn1ncc(Br)c1CCC(Br)C(C)(C)C. The van der Waals surface area contributed by atoms with E-state index in [9.17, 15) is 0 Å². The summed E-state index contributed by atoms with van der Waals surface area (Å²) in [4.78, 5) is 0.502. The molecule has 104 valence electrons. The summed E-state index contributed by atoms with van der Waals surface area (Å²) in [5.41, 5.74) is 1.53. The van der Waals surface area contributed by atoms with Crippen LogP contribution in [0.25, 0.3) is 0 Å². The van der Waals surface area contributed by atoms with Crippen LogP contribution in [-0.2, 0) is 17.7 Å². The van der Waals surface area contributed by atoms with E-state index in [2.05, 4.69) is 57.7 Å². The zero-order valence-corrected chi connectivity index (χ0v) is 14.7. The molecule has 1 unspecified atom stereocenters. The second kappa shape index (κ2) is 7.06. The Morgan fingerprint density at radius 1 is 1.44 bits per heavy atom. The summed E-state index contributed by atoms with van der Waals surface area (Å²) in [6, 6.07) is 0. The van der Waals surface area contributed by atoms with Crippen LogP contribution in [0.1, 0.15) is 32.9 Å². The number of halogens is 2. The van der Waals surface area contributed by atoms with Crippen LogP contribution in [0.2, 0.25) is 0 Å². The van der Waals surface area contributed by atoms with Crippen molar-refractivity contribution in [2.24, 2.45) is 5.41 Å². The number of ether oxygens (including phenoxy) is 1. The number of alkyl halides is 1. The summed E-state index contributed by atoms with van der Waals surface area (Å²) in [6.45, 7) is 8.26. The van der Waals surface area contributed by atoms with Gasteiger partial charge in [0, 0.05) is 11.9 Å². The first-order valence-electron chi connectivity index (χ1n) is 6.19. The Morgan fingerprint density at radius 2 is 2.11 bits per heavy atom. The zero-order chi connectivity index (χ0) is 13.8. The maximum Gasteiger partial charge on any atom is 0.0658 e. The van der Waals surface area contributed by atoms with Crippen molar-refractivity contribution in [2.75, 3.05) is 13.7 Å². The molecule has 0 radical (unpaired) electrons. The fourth-order valence-corrected chi connectivity index (χ4v) is 2.43. The minimum absolute atomic E-state index is 0.282. The van der Waals surface area contributed by atoms with E-state index in [1.54, 1.807) is 7.11 Å². The van der Waals surface area contributed by atoms with Gasteiger partial charge in [-0.05, 0) is 34.2 Å². The lowest BCUT2D eigenvalue weighted by Gasteiger charge is -2.25. The number of hydrogen-bond acceptors (Lipinski definition) is 2. The van der Waals surface area contributed by atoms with Gasteiger partial charge in [-0.1, -0.05) is 36.7 Å². The van der Waals surface area contributed by atoms with Crippen molar-refractivity contribution in [3.8, 4) is 0 Å². The summed E-state index contributed by atoms with van der Waals surface area (Å²) in [5, 5.41) is 4.37. The first-order valence-corrected chi connectivity index (χ1v) is 7.90. The van der Waals surface area contributed by atoms with E-state index in [4.69, 9.17) is 4.74 Å². The van der Waals surface area contributed by atoms with Gasteiger partial charge in [-0.25, -0.2) is 0 Å². The van der Waals surface area contributed by atoms with Crippen molar-refractivity contribution in [3.63, 3.8) is 0 Å². The molecule has 1 atom stereocenters. The molecule has 1 rings (SSSR count). The standard InChI is InChI=1S/C13H22Br2N2O/c1-13(2,3)12(15)6-5-11-10(14)9-16-17(11)7-8-18-4/h9,12H,5-8H2,1-4H3. The fraction of sp³-hybridized carbons (Fsp3) is 0.769. The van der Waals surface area contributed by atoms with Gasteiger partial charge in [-0.2, -0.15) is 5.10 Å². The first kappa shape index (κ1) is 16.2. The minimum atomic E-state index is 0.282. The van der Waals surface area contributed by atoms with Crippen LogP contribution in [0.15, 0.2) is 10.7 Å². The van der Waals surface area contributed by atoms with Gasteiger partial charge in [0.1, 0.15) is 0 Å². The quantitative estimate of drug-likeness (QED) is 0.695. The Labute approximate surface area is 127 Å². The Hall–Kier alpha value is 0.130.